The van der Waals surface area contributed by atoms with Gasteiger partial charge in [0.2, 0.25) is 0 Å². The molecule has 0 radical (unpaired) electrons. The first-order valence-electron chi connectivity index (χ1n) is 4.99. The number of rotatable bonds is 3. The Hall–Kier alpha value is 0.0866. The van der Waals surface area contributed by atoms with Crippen molar-refractivity contribution in [2.45, 2.75) is 26.8 Å². The average molecular weight is 560 g/mol. The van der Waals surface area contributed by atoms with Crippen LogP contribution in [-0.2, 0) is 51.7 Å². The van der Waals surface area contributed by atoms with E-state index in [2.05, 4.69) is 17.0 Å². The first kappa shape index (κ1) is 12.5. The van der Waals surface area contributed by atoms with E-state index in [0.29, 0.717) is 5.88 Å². The Balaban J connectivity index is 2.20. The number of hydrogen-bond donors (Lipinski definition) is 0. The van der Waals surface area contributed by atoms with Gasteiger partial charge < -0.3 is 0 Å². The summed E-state index contributed by atoms with van der Waals surface area (Å²) in [5.41, 5.74) is 1.15. The van der Waals surface area contributed by atoms with Crippen LogP contribution in [0.5, 0.6) is 5.88 Å². The normalized spacial score (nSPS) is 15.6. The Morgan fingerprint density at radius 2 is 2.19 bits per heavy atom. The topological polar surface area (TPSA) is 38.5 Å². The van der Waals surface area contributed by atoms with Crippen LogP contribution in [0.1, 0.15) is 25.2 Å². The molecule has 6 heteroatoms. The minimum atomic E-state index is 0.670. The molecule has 0 spiro atoms. The van der Waals surface area contributed by atoms with Gasteiger partial charge in [-0.3, -0.25) is 0 Å². The fourth-order valence-corrected chi connectivity index (χ4v) is 2.52. The quantitative estimate of drug-likeness (QED) is 0.550. The fourth-order valence-electron chi connectivity index (χ4n) is 1.68. The number of hydrogen-bond acceptors (Lipinski definition) is 4. The van der Waals surface area contributed by atoms with Gasteiger partial charge in [-0.25, -0.2) is 0 Å². The van der Waals surface area contributed by atoms with Crippen LogP contribution < -0.4 is 4.74 Å². The molecule has 0 atom stereocenters. The van der Waals surface area contributed by atoms with Gasteiger partial charge in [-0.05, 0) is 0 Å². The predicted molar refractivity (Wildman–Crippen MR) is 52.6 cm³/mol. The van der Waals surface area contributed by atoms with E-state index in [0.717, 1.165) is 34.9 Å². The molecule has 0 aromatic carbocycles. The van der Waals surface area contributed by atoms with Gasteiger partial charge in [0.25, 0.3) is 0 Å². The van der Waals surface area contributed by atoms with Gasteiger partial charge in [0.15, 0.2) is 0 Å². The van der Waals surface area contributed by atoms with E-state index in [1.165, 1.54) is 42.7 Å². The van der Waals surface area contributed by atoms with E-state index in [1.807, 2.05) is 6.92 Å². The molecule has 1 aromatic heterocycles. The number of nitrogens with zero attached hydrogens (tertiary/aromatic N) is 2. The van der Waals surface area contributed by atoms with Gasteiger partial charge in [-0.2, -0.15) is 0 Å². The fraction of sp³-hybridized carbons (Fsp3) is 0.500. The molecule has 1 aromatic rings. The van der Waals surface area contributed by atoms with Crippen LogP contribution in [0.3, 0.4) is 0 Å². The first-order valence-corrected chi connectivity index (χ1v) is 7.92. The molecule has 1 aliphatic rings. The van der Waals surface area contributed by atoms with Crippen LogP contribution >= 0.6 is 0 Å². The Morgan fingerprint density at radius 3 is 2.81 bits per heavy atom. The summed E-state index contributed by atoms with van der Waals surface area (Å²) in [4.78, 5) is 2.33. The number of ether oxygens (including phenoxy) is 1. The summed E-state index contributed by atoms with van der Waals surface area (Å²) in [6, 6.07) is 0. The van der Waals surface area contributed by atoms with Crippen LogP contribution in [0.25, 0.3) is 0 Å². The van der Waals surface area contributed by atoms with Crippen molar-refractivity contribution in [3.63, 3.8) is 0 Å². The zero-order valence-electron chi connectivity index (χ0n) is 9.15. The molecule has 16 heavy (non-hydrogen) atoms. The van der Waals surface area contributed by atoms with Crippen LogP contribution in [0.15, 0.2) is 4.52 Å². The van der Waals surface area contributed by atoms with Crippen molar-refractivity contribution in [1.29, 1.82) is 0 Å². The molecule has 0 bridgehead atoms. The maximum absolute atomic E-state index is 5.58. The minimum absolute atomic E-state index is 0.670. The molecule has 0 N–H and O–H groups in total. The zero-order chi connectivity index (χ0) is 11.7. The van der Waals surface area contributed by atoms with Crippen molar-refractivity contribution in [1.82, 2.24) is 10.1 Å². The molecule has 0 saturated heterocycles. The second kappa shape index (κ2) is 5.16. The van der Waals surface area contributed by atoms with Crippen molar-refractivity contribution >= 4 is 8.11 Å². The molecule has 1 aliphatic heterocycles. The molecule has 2 rings (SSSR count). The molecule has 0 amide bonds. The second-order valence-electron chi connectivity index (χ2n) is 3.67. The van der Waals surface area contributed by atoms with Crippen LogP contribution in [0, 0.1) is 0 Å². The molecular formula is C10H12N2O2W2. The van der Waals surface area contributed by atoms with E-state index in [4.69, 9.17) is 9.26 Å². The van der Waals surface area contributed by atoms with Gasteiger partial charge in [0.1, 0.15) is 0 Å². The molecule has 4 nitrogen and oxygen atoms in total. The Kier molecular flexibility index (Phi) is 4.04. The third-order valence-electron chi connectivity index (χ3n) is 2.49. The third kappa shape index (κ3) is 2.67. The summed E-state index contributed by atoms with van der Waals surface area (Å²) >= 11 is 2.83. The summed E-state index contributed by atoms with van der Waals surface area (Å²) in [7, 11) is 0. The second-order valence-corrected chi connectivity index (χ2v) is 7.86. The number of aromatic nitrogens is 1. The Bertz CT molecular complexity index is 442. The van der Waals surface area contributed by atoms with Crippen LogP contribution in [0.2, 0.25) is 0 Å². The SMILES string of the molecule is C[C](=[W])Oc1noc2c1CCN([C](C)=[W])C2. The van der Waals surface area contributed by atoms with Crippen molar-refractivity contribution in [3.05, 3.63) is 11.3 Å². The Labute approximate surface area is 116 Å². The molecule has 0 unspecified atom stereocenters. The van der Waals surface area contributed by atoms with E-state index in [1.54, 1.807) is 0 Å². The van der Waals surface area contributed by atoms with Crippen molar-refractivity contribution in [2.75, 3.05) is 6.54 Å². The van der Waals surface area contributed by atoms with E-state index >= 15 is 0 Å². The summed E-state index contributed by atoms with van der Waals surface area (Å²) in [5, 5.41) is 4.00. The maximum atomic E-state index is 5.58. The standard InChI is InChI=1S/C10H12N2O2.2W/c1-3-12-6-5-8-9(7-12)14-11-10(8)13-4-2;;/h5-7H2,1-2H3;;. The number of fused-ring (bicyclic) bond motifs is 1. The third-order valence-corrected chi connectivity index (χ3v) is 3.71. The van der Waals surface area contributed by atoms with Gasteiger partial charge in [0.05, 0.1) is 0 Å². The summed E-state index contributed by atoms with van der Waals surface area (Å²) in [6.45, 7) is 5.98. The van der Waals surface area contributed by atoms with E-state index < -0.39 is 0 Å². The Morgan fingerprint density at radius 1 is 1.44 bits per heavy atom. The van der Waals surface area contributed by atoms with Crippen molar-refractivity contribution < 1.29 is 48.0 Å². The van der Waals surface area contributed by atoms with Crippen molar-refractivity contribution in [2.24, 2.45) is 0 Å². The molecule has 0 fully saturated rings. The molecule has 2 heterocycles. The van der Waals surface area contributed by atoms with Crippen molar-refractivity contribution in [3.8, 4) is 5.88 Å². The molecule has 0 saturated carbocycles. The van der Waals surface area contributed by atoms with E-state index in [9.17, 15) is 0 Å². The zero-order valence-corrected chi connectivity index (χ0v) is 15.0. The average Bonchev–Trinajstić information content (AvgIpc) is 2.60. The molecule has 86 valence electrons. The monoisotopic (exact) mass is 560 g/mol. The van der Waals surface area contributed by atoms with Gasteiger partial charge in [-0.1, -0.05) is 0 Å². The molecular weight excluding hydrogens is 548 g/mol. The summed E-state index contributed by atoms with van der Waals surface area (Å²) in [5.74, 6) is 1.63. The van der Waals surface area contributed by atoms with Crippen LogP contribution in [0.4, 0.5) is 0 Å². The van der Waals surface area contributed by atoms with Gasteiger partial charge in [-0.15, -0.1) is 0 Å². The summed E-state index contributed by atoms with van der Waals surface area (Å²) in [6.07, 6.45) is 0.960. The van der Waals surface area contributed by atoms with Crippen LogP contribution in [-0.4, -0.2) is 24.7 Å². The van der Waals surface area contributed by atoms with Gasteiger partial charge in [0, 0.05) is 0 Å². The van der Waals surface area contributed by atoms with E-state index in [-0.39, 0.29) is 0 Å². The summed E-state index contributed by atoms with van der Waals surface area (Å²) < 4.78 is 13.3. The molecule has 0 aliphatic carbocycles. The predicted octanol–water partition coefficient (Wildman–Crippen LogP) is 0.805. The van der Waals surface area contributed by atoms with Gasteiger partial charge >= 0.3 is 117 Å². The first-order chi connectivity index (χ1) is 7.58.